The minimum absolute atomic E-state index is 0.0186. The molecular weight excluding hydrogens is 282 g/mol. The number of nitrogens with zero attached hydrogens (tertiary/aromatic N) is 2. The molecule has 1 fully saturated rings. The zero-order valence-corrected chi connectivity index (χ0v) is 12.5. The highest BCUT2D eigenvalue weighted by Crippen LogP contribution is 2.33. The van der Waals surface area contributed by atoms with E-state index >= 15 is 0 Å². The van der Waals surface area contributed by atoms with Crippen LogP contribution in [0.15, 0.2) is 28.8 Å². The van der Waals surface area contributed by atoms with Crippen LogP contribution in [0.4, 0.5) is 4.79 Å². The van der Waals surface area contributed by atoms with Crippen LogP contribution in [0.2, 0.25) is 0 Å². The summed E-state index contributed by atoms with van der Waals surface area (Å²) in [5.41, 5.74) is 2.37. The summed E-state index contributed by atoms with van der Waals surface area (Å²) in [4.78, 5) is 15.1. The molecule has 1 aliphatic carbocycles. The Morgan fingerprint density at radius 3 is 2.86 bits per heavy atom. The van der Waals surface area contributed by atoms with Crippen molar-refractivity contribution in [2.24, 2.45) is 0 Å². The van der Waals surface area contributed by atoms with Crippen LogP contribution in [0, 0.1) is 6.92 Å². The summed E-state index contributed by atoms with van der Waals surface area (Å²) in [5, 5.41) is 15.3. The molecule has 1 saturated carbocycles. The molecule has 0 bridgehead atoms. The van der Waals surface area contributed by atoms with E-state index in [0.717, 1.165) is 24.8 Å². The second-order valence-corrected chi connectivity index (χ2v) is 5.87. The molecule has 1 aromatic carbocycles. The Bertz CT molecular complexity index is 651. The first kappa shape index (κ1) is 14.6. The van der Waals surface area contributed by atoms with Crippen molar-refractivity contribution in [2.45, 2.75) is 44.6 Å². The quantitative estimate of drug-likeness (QED) is 0.906. The lowest BCUT2D eigenvalue weighted by Gasteiger charge is -2.08. The van der Waals surface area contributed by atoms with Crippen LogP contribution in [-0.4, -0.2) is 27.4 Å². The van der Waals surface area contributed by atoms with Gasteiger partial charge < -0.3 is 14.9 Å². The van der Waals surface area contributed by atoms with Gasteiger partial charge in [0.05, 0.1) is 0 Å². The molecule has 0 saturated heterocycles. The monoisotopic (exact) mass is 301 g/mol. The zero-order valence-electron chi connectivity index (χ0n) is 12.5. The Kier molecular flexibility index (Phi) is 4.09. The van der Waals surface area contributed by atoms with Crippen LogP contribution < -0.4 is 5.32 Å². The van der Waals surface area contributed by atoms with E-state index < -0.39 is 6.09 Å². The smallest absolute Gasteiger partial charge is 0.404 e. The topological polar surface area (TPSA) is 88.2 Å². The molecule has 0 unspecified atom stereocenters. The van der Waals surface area contributed by atoms with E-state index in [1.165, 1.54) is 5.56 Å². The number of hydrogen-bond donors (Lipinski definition) is 2. The van der Waals surface area contributed by atoms with Crippen molar-refractivity contribution in [3.05, 3.63) is 47.1 Å². The third kappa shape index (κ3) is 3.44. The van der Waals surface area contributed by atoms with Gasteiger partial charge in [0, 0.05) is 18.4 Å². The molecule has 1 amide bonds. The van der Waals surface area contributed by atoms with Crippen molar-refractivity contribution in [3.63, 3.8) is 0 Å². The zero-order chi connectivity index (χ0) is 15.5. The van der Waals surface area contributed by atoms with Gasteiger partial charge in [0.25, 0.3) is 0 Å². The van der Waals surface area contributed by atoms with E-state index in [1.807, 2.05) is 0 Å². The third-order valence-electron chi connectivity index (χ3n) is 4.08. The van der Waals surface area contributed by atoms with E-state index in [1.54, 1.807) is 0 Å². The van der Waals surface area contributed by atoms with E-state index in [-0.39, 0.29) is 12.0 Å². The number of amides is 1. The molecule has 116 valence electrons. The molecule has 2 atom stereocenters. The summed E-state index contributed by atoms with van der Waals surface area (Å²) in [7, 11) is 0. The summed E-state index contributed by atoms with van der Waals surface area (Å²) in [6.45, 7) is 2.05. The van der Waals surface area contributed by atoms with E-state index in [0.29, 0.717) is 18.1 Å². The maximum Gasteiger partial charge on any atom is 0.404 e. The number of aryl methyl sites for hydroxylation is 1. The molecule has 6 nitrogen and oxygen atoms in total. The molecule has 3 rings (SSSR count). The fraction of sp³-hybridized carbons (Fsp3) is 0.438. The number of aromatic nitrogens is 2. The third-order valence-corrected chi connectivity index (χ3v) is 4.08. The molecular formula is C16H19N3O3. The fourth-order valence-corrected chi connectivity index (χ4v) is 2.91. The van der Waals surface area contributed by atoms with Crippen molar-refractivity contribution < 1.29 is 14.4 Å². The number of nitrogens with one attached hydrogen (secondary N) is 1. The number of carbonyl (C=O) groups is 1. The lowest BCUT2D eigenvalue weighted by molar-refractivity contribution is 0.190. The Labute approximate surface area is 128 Å². The van der Waals surface area contributed by atoms with Crippen molar-refractivity contribution in [2.75, 3.05) is 0 Å². The number of hydrogen-bond acceptors (Lipinski definition) is 4. The normalized spacial score (nSPS) is 21.0. The van der Waals surface area contributed by atoms with Crippen LogP contribution in [0.3, 0.4) is 0 Å². The van der Waals surface area contributed by atoms with E-state index in [2.05, 4.69) is 46.6 Å². The first-order valence-corrected chi connectivity index (χ1v) is 7.47. The van der Waals surface area contributed by atoms with Gasteiger partial charge in [-0.25, -0.2) is 4.79 Å². The molecule has 1 aliphatic rings. The summed E-state index contributed by atoms with van der Waals surface area (Å²) >= 11 is 0. The lowest BCUT2D eigenvalue weighted by Crippen LogP contribution is -2.31. The average Bonchev–Trinajstić information content (AvgIpc) is 3.10. The van der Waals surface area contributed by atoms with Crippen molar-refractivity contribution in [1.29, 1.82) is 0 Å². The first-order valence-electron chi connectivity index (χ1n) is 7.47. The molecule has 6 heteroatoms. The Morgan fingerprint density at radius 1 is 1.36 bits per heavy atom. The van der Waals surface area contributed by atoms with Crippen molar-refractivity contribution in [3.8, 4) is 0 Å². The van der Waals surface area contributed by atoms with Crippen LogP contribution in [0.25, 0.3) is 0 Å². The lowest BCUT2D eigenvalue weighted by atomic mass is 10.1. The summed E-state index contributed by atoms with van der Waals surface area (Å²) in [6, 6.07) is 8.24. The second kappa shape index (κ2) is 6.17. The molecule has 2 aromatic rings. The standard InChI is InChI=1S/C16H19N3O3/c1-10-2-4-11(5-3-10)8-14-18-15(22-19-14)12-6-7-13(9-12)17-16(20)21/h2-5,12-13,17H,6-9H2,1H3,(H,20,21)/t12-,13-/m0/s1. The summed E-state index contributed by atoms with van der Waals surface area (Å²) in [6.07, 6.45) is 2.08. The van der Waals surface area contributed by atoms with Crippen molar-refractivity contribution in [1.82, 2.24) is 15.5 Å². The maximum absolute atomic E-state index is 10.7. The van der Waals surface area contributed by atoms with Gasteiger partial charge in [-0.15, -0.1) is 0 Å². The minimum atomic E-state index is -0.976. The van der Waals surface area contributed by atoms with Crippen molar-refractivity contribution >= 4 is 6.09 Å². The second-order valence-electron chi connectivity index (χ2n) is 5.87. The van der Waals surface area contributed by atoms with Crippen LogP contribution >= 0.6 is 0 Å². The molecule has 0 aliphatic heterocycles. The van der Waals surface area contributed by atoms with Gasteiger partial charge in [-0.3, -0.25) is 0 Å². The molecule has 1 aromatic heterocycles. The van der Waals surface area contributed by atoms with Gasteiger partial charge in [0.15, 0.2) is 5.82 Å². The largest absolute Gasteiger partial charge is 0.465 e. The van der Waals surface area contributed by atoms with Gasteiger partial charge >= 0.3 is 6.09 Å². The van der Waals surface area contributed by atoms with Gasteiger partial charge in [0.2, 0.25) is 5.89 Å². The van der Waals surface area contributed by atoms with E-state index in [4.69, 9.17) is 9.63 Å². The van der Waals surface area contributed by atoms with Crippen LogP contribution in [-0.2, 0) is 6.42 Å². The number of carboxylic acid groups (broad SMARTS) is 1. The Hall–Kier alpha value is -2.37. The van der Waals surface area contributed by atoms with Gasteiger partial charge in [-0.1, -0.05) is 35.0 Å². The molecule has 2 N–H and O–H groups in total. The number of rotatable bonds is 4. The molecule has 0 spiro atoms. The minimum Gasteiger partial charge on any atom is -0.465 e. The Morgan fingerprint density at radius 2 is 2.14 bits per heavy atom. The Balaban J connectivity index is 1.62. The molecule has 22 heavy (non-hydrogen) atoms. The van der Waals surface area contributed by atoms with E-state index in [9.17, 15) is 4.79 Å². The van der Waals surface area contributed by atoms with Crippen LogP contribution in [0.5, 0.6) is 0 Å². The predicted molar refractivity (Wildman–Crippen MR) is 79.8 cm³/mol. The summed E-state index contributed by atoms with van der Waals surface area (Å²) < 4.78 is 5.36. The highest BCUT2D eigenvalue weighted by atomic mass is 16.5. The van der Waals surface area contributed by atoms with Crippen LogP contribution in [0.1, 0.15) is 48.0 Å². The van der Waals surface area contributed by atoms with Gasteiger partial charge in [0.1, 0.15) is 0 Å². The maximum atomic E-state index is 10.7. The summed E-state index contributed by atoms with van der Waals surface area (Å²) in [5.74, 6) is 1.45. The SMILES string of the molecule is Cc1ccc(Cc2noc([C@H]3CC[C@H](NC(=O)O)C3)n2)cc1. The molecule has 0 radical (unpaired) electrons. The van der Waals surface area contributed by atoms with Gasteiger partial charge in [-0.2, -0.15) is 4.98 Å². The number of benzene rings is 1. The average molecular weight is 301 g/mol. The predicted octanol–water partition coefficient (Wildman–Crippen LogP) is 2.87. The highest BCUT2D eigenvalue weighted by Gasteiger charge is 2.30. The van der Waals surface area contributed by atoms with Gasteiger partial charge in [-0.05, 0) is 31.7 Å². The molecule has 1 heterocycles. The fourth-order valence-electron chi connectivity index (χ4n) is 2.91. The highest BCUT2D eigenvalue weighted by molar-refractivity contribution is 5.64. The first-order chi connectivity index (χ1) is 10.6.